The number of aromatic nitrogens is 3. The Kier molecular flexibility index (Phi) is 5.82. The van der Waals surface area contributed by atoms with E-state index in [0.29, 0.717) is 35.1 Å². The summed E-state index contributed by atoms with van der Waals surface area (Å²) in [6.07, 6.45) is 0.508. The summed E-state index contributed by atoms with van der Waals surface area (Å²) in [5.74, 6) is 0.261. The molecule has 0 aliphatic heterocycles. The SMILES string of the molecule is Cc1cc(Cc2ccc(=O)n(CCCl)n2)n(C)c1C(=O)c1ccc(Cl)cc1. The predicted octanol–water partition coefficient (Wildman–Crippen LogP) is 3.60. The lowest BCUT2D eigenvalue weighted by Gasteiger charge is -2.09. The van der Waals surface area contributed by atoms with Crippen LogP contribution in [0.1, 0.15) is 33.0 Å². The van der Waals surface area contributed by atoms with Gasteiger partial charge in [0, 0.05) is 41.7 Å². The summed E-state index contributed by atoms with van der Waals surface area (Å²) in [7, 11) is 1.86. The first-order valence-corrected chi connectivity index (χ1v) is 9.40. The number of carbonyl (C=O) groups excluding carboxylic acids is 1. The van der Waals surface area contributed by atoms with E-state index in [1.807, 2.05) is 24.6 Å². The highest BCUT2D eigenvalue weighted by atomic mass is 35.5. The molecule has 1 aromatic carbocycles. The largest absolute Gasteiger partial charge is 0.344 e. The summed E-state index contributed by atoms with van der Waals surface area (Å²) in [6.45, 7) is 2.27. The fraction of sp³-hybridized carbons (Fsp3) is 0.250. The molecule has 0 atom stereocenters. The zero-order valence-corrected chi connectivity index (χ0v) is 16.6. The van der Waals surface area contributed by atoms with Crippen LogP contribution in [0.25, 0.3) is 0 Å². The molecule has 0 aliphatic carbocycles. The van der Waals surface area contributed by atoms with E-state index in [4.69, 9.17) is 23.2 Å². The highest BCUT2D eigenvalue weighted by Gasteiger charge is 2.19. The summed E-state index contributed by atoms with van der Waals surface area (Å²) in [5.41, 5.74) is 3.60. The van der Waals surface area contributed by atoms with Crippen molar-refractivity contribution in [2.24, 2.45) is 7.05 Å². The fourth-order valence-corrected chi connectivity index (χ4v) is 3.36. The van der Waals surface area contributed by atoms with Crippen molar-refractivity contribution in [3.8, 4) is 0 Å². The first-order chi connectivity index (χ1) is 12.9. The molecule has 0 bridgehead atoms. The predicted molar refractivity (Wildman–Crippen MR) is 107 cm³/mol. The first kappa shape index (κ1) is 19.4. The number of rotatable bonds is 6. The van der Waals surface area contributed by atoms with Crippen LogP contribution in [0.2, 0.25) is 5.02 Å². The molecule has 0 N–H and O–H groups in total. The fourth-order valence-electron chi connectivity index (χ4n) is 3.07. The van der Waals surface area contributed by atoms with Gasteiger partial charge in [-0.3, -0.25) is 9.59 Å². The minimum absolute atomic E-state index is 0.0574. The number of nitrogens with zero attached hydrogens (tertiary/aromatic N) is 3. The van der Waals surface area contributed by atoms with Gasteiger partial charge in [0.1, 0.15) is 0 Å². The Labute approximate surface area is 167 Å². The smallest absolute Gasteiger partial charge is 0.266 e. The van der Waals surface area contributed by atoms with Gasteiger partial charge in [0.05, 0.1) is 17.9 Å². The van der Waals surface area contributed by atoms with Crippen LogP contribution in [-0.2, 0) is 20.0 Å². The molecule has 27 heavy (non-hydrogen) atoms. The van der Waals surface area contributed by atoms with Gasteiger partial charge < -0.3 is 4.57 Å². The molecule has 0 saturated heterocycles. The Morgan fingerprint density at radius 3 is 2.52 bits per heavy atom. The third-order valence-electron chi connectivity index (χ3n) is 4.42. The van der Waals surface area contributed by atoms with E-state index in [0.717, 1.165) is 17.0 Å². The third-order valence-corrected chi connectivity index (χ3v) is 4.85. The number of alkyl halides is 1. The zero-order chi connectivity index (χ0) is 19.6. The lowest BCUT2D eigenvalue weighted by molar-refractivity contribution is 0.103. The van der Waals surface area contributed by atoms with E-state index in [2.05, 4.69) is 5.10 Å². The van der Waals surface area contributed by atoms with Crippen molar-refractivity contribution in [1.29, 1.82) is 0 Å². The van der Waals surface area contributed by atoms with Gasteiger partial charge in [0.25, 0.3) is 5.56 Å². The van der Waals surface area contributed by atoms with E-state index >= 15 is 0 Å². The minimum Gasteiger partial charge on any atom is -0.344 e. The average Bonchev–Trinajstić information content (AvgIpc) is 2.91. The Hall–Kier alpha value is -2.37. The number of hydrogen-bond donors (Lipinski definition) is 0. The number of benzene rings is 1. The van der Waals surface area contributed by atoms with Crippen molar-refractivity contribution in [3.63, 3.8) is 0 Å². The normalized spacial score (nSPS) is 11.0. The van der Waals surface area contributed by atoms with Crippen LogP contribution in [0, 0.1) is 6.92 Å². The molecule has 3 aromatic rings. The Balaban J connectivity index is 1.92. The first-order valence-electron chi connectivity index (χ1n) is 8.49. The van der Waals surface area contributed by atoms with Crippen LogP contribution in [0.5, 0.6) is 0 Å². The topological polar surface area (TPSA) is 56.9 Å². The Bertz CT molecular complexity index is 1040. The van der Waals surface area contributed by atoms with E-state index in [9.17, 15) is 9.59 Å². The summed E-state index contributed by atoms with van der Waals surface area (Å²) in [5, 5.41) is 4.95. The molecule has 140 valence electrons. The quantitative estimate of drug-likeness (QED) is 0.466. The molecule has 0 fully saturated rings. The van der Waals surface area contributed by atoms with Crippen LogP contribution >= 0.6 is 23.2 Å². The van der Waals surface area contributed by atoms with Gasteiger partial charge in [-0.05, 0) is 48.9 Å². The number of hydrogen-bond acceptors (Lipinski definition) is 3. The van der Waals surface area contributed by atoms with Gasteiger partial charge in [-0.2, -0.15) is 5.10 Å². The van der Waals surface area contributed by atoms with Crippen molar-refractivity contribution in [2.75, 3.05) is 5.88 Å². The van der Waals surface area contributed by atoms with Gasteiger partial charge in [0.15, 0.2) is 0 Å². The van der Waals surface area contributed by atoms with Gasteiger partial charge in [0.2, 0.25) is 5.78 Å². The Morgan fingerprint density at radius 2 is 1.85 bits per heavy atom. The lowest BCUT2D eigenvalue weighted by Crippen LogP contribution is -2.24. The van der Waals surface area contributed by atoms with Gasteiger partial charge in [-0.1, -0.05) is 11.6 Å². The number of carbonyl (C=O) groups is 1. The van der Waals surface area contributed by atoms with Crippen molar-refractivity contribution in [1.82, 2.24) is 14.3 Å². The highest BCUT2D eigenvalue weighted by molar-refractivity contribution is 6.30. The molecule has 0 unspecified atom stereocenters. The maximum Gasteiger partial charge on any atom is 0.266 e. The molecular formula is C20H19Cl2N3O2. The van der Waals surface area contributed by atoms with Crippen molar-refractivity contribution in [2.45, 2.75) is 19.9 Å². The molecule has 0 radical (unpaired) electrons. The second-order valence-corrected chi connectivity index (χ2v) is 7.13. The maximum atomic E-state index is 12.9. The summed E-state index contributed by atoms with van der Waals surface area (Å²) < 4.78 is 3.24. The third kappa shape index (κ3) is 4.15. The Morgan fingerprint density at radius 1 is 1.15 bits per heavy atom. The zero-order valence-electron chi connectivity index (χ0n) is 15.1. The maximum absolute atomic E-state index is 12.9. The van der Waals surface area contributed by atoms with E-state index in [1.165, 1.54) is 10.7 Å². The van der Waals surface area contributed by atoms with E-state index in [-0.39, 0.29) is 11.3 Å². The summed E-state index contributed by atoms with van der Waals surface area (Å²) in [6, 6.07) is 12.0. The van der Waals surface area contributed by atoms with Crippen molar-refractivity contribution in [3.05, 3.63) is 86.0 Å². The molecule has 2 aromatic heterocycles. The van der Waals surface area contributed by atoms with Gasteiger partial charge >= 0.3 is 0 Å². The number of halogens is 2. The minimum atomic E-state index is -0.180. The highest BCUT2D eigenvalue weighted by Crippen LogP contribution is 2.21. The van der Waals surface area contributed by atoms with Crippen LogP contribution in [0.3, 0.4) is 0 Å². The van der Waals surface area contributed by atoms with Crippen LogP contribution in [0.15, 0.2) is 47.3 Å². The molecule has 5 nitrogen and oxygen atoms in total. The number of ketones is 1. The van der Waals surface area contributed by atoms with Crippen LogP contribution < -0.4 is 5.56 Å². The summed E-state index contributed by atoms with van der Waals surface area (Å²) in [4.78, 5) is 24.7. The lowest BCUT2D eigenvalue weighted by atomic mass is 10.1. The second-order valence-electron chi connectivity index (χ2n) is 6.31. The average molecular weight is 404 g/mol. The van der Waals surface area contributed by atoms with Crippen LogP contribution in [-0.4, -0.2) is 26.0 Å². The summed E-state index contributed by atoms with van der Waals surface area (Å²) >= 11 is 11.6. The van der Waals surface area contributed by atoms with E-state index in [1.54, 1.807) is 30.3 Å². The van der Waals surface area contributed by atoms with E-state index < -0.39 is 0 Å². The van der Waals surface area contributed by atoms with Gasteiger partial charge in [-0.25, -0.2) is 4.68 Å². The molecule has 3 rings (SSSR count). The standard InChI is InChI=1S/C20H19Cl2N3O2/c1-13-11-17(12-16-7-8-18(26)25(23-16)10-9-21)24(2)19(13)20(27)14-3-5-15(22)6-4-14/h3-8,11H,9-10,12H2,1-2H3. The molecule has 7 heteroatoms. The van der Waals surface area contributed by atoms with Crippen molar-refractivity contribution >= 4 is 29.0 Å². The molecular weight excluding hydrogens is 385 g/mol. The molecule has 0 amide bonds. The van der Waals surface area contributed by atoms with Crippen molar-refractivity contribution < 1.29 is 4.79 Å². The molecule has 0 aliphatic rings. The van der Waals surface area contributed by atoms with Gasteiger partial charge in [-0.15, -0.1) is 11.6 Å². The molecule has 0 spiro atoms. The second kappa shape index (κ2) is 8.11. The molecule has 0 saturated carbocycles. The monoisotopic (exact) mass is 403 g/mol. The van der Waals surface area contributed by atoms with Crippen LogP contribution in [0.4, 0.5) is 0 Å². The molecule has 2 heterocycles. The number of aryl methyl sites for hydroxylation is 2.